The molecule has 0 radical (unpaired) electrons. The summed E-state index contributed by atoms with van der Waals surface area (Å²) in [5.41, 5.74) is 2.61. The first-order valence-electron chi connectivity index (χ1n) is 7.91. The Morgan fingerprint density at radius 2 is 1.21 bits per heavy atom. The number of rotatable bonds is 1. The van der Waals surface area contributed by atoms with Crippen molar-refractivity contribution in [2.45, 2.75) is 0 Å². The highest BCUT2D eigenvalue weighted by Gasteiger charge is 2.12. The molecule has 0 N–H and O–H groups in total. The van der Waals surface area contributed by atoms with Crippen molar-refractivity contribution in [2.24, 2.45) is 0 Å². The van der Waals surface area contributed by atoms with E-state index in [-0.39, 0.29) is 0 Å². The Balaban J connectivity index is 1.92. The van der Waals surface area contributed by atoms with E-state index < -0.39 is 0 Å². The zero-order valence-corrected chi connectivity index (χ0v) is 15.2. The molecule has 24 heavy (non-hydrogen) atoms. The Kier molecular flexibility index (Phi) is 3.22. The SMILES string of the molecule is Brc1cccc2c(-c3cccc4c3sc3ccccc34)cccc12. The average Bonchev–Trinajstić information content (AvgIpc) is 3.00. The van der Waals surface area contributed by atoms with Gasteiger partial charge in [0, 0.05) is 30.2 Å². The van der Waals surface area contributed by atoms with E-state index >= 15 is 0 Å². The summed E-state index contributed by atoms with van der Waals surface area (Å²) < 4.78 is 3.86. The van der Waals surface area contributed by atoms with Gasteiger partial charge in [0.25, 0.3) is 0 Å². The number of hydrogen-bond donors (Lipinski definition) is 0. The molecule has 114 valence electrons. The van der Waals surface area contributed by atoms with Crippen LogP contribution in [0.4, 0.5) is 0 Å². The van der Waals surface area contributed by atoms with E-state index in [4.69, 9.17) is 0 Å². The van der Waals surface area contributed by atoms with Crippen LogP contribution in [0, 0.1) is 0 Å². The van der Waals surface area contributed by atoms with Gasteiger partial charge in [0.1, 0.15) is 0 Å². The molecule has 0 atom stereocenters. The molecule has 0 spiro atoms. The average molecular weight is 389 g/mol. The summed E-state index contributed by atoms with van der Waals surface area (Å²) in [6, 6.07) is 28.3. The van der Waals surface area contributed by atoms with Crippen LogP contribution in [0.5, 0.6) is 0 Å². The fourth-order valence-electron chi connectivity index (χ4n) is 3.47. The van der Waals surface area contributed by atoms with Gasteiger partial charge in [-0.25, -0.2) is 0 Å². The van der Waals surface area contributed by atoms with Crippen molar-refractivity contribution in [3.63, 3.8) is 0 Å². The molecule has 0 aliphatic carbocycles. The fraction of sp³-hybridized carbons (Fsp3) is 0. The predicted octanol–water partition coefficient (Wildman–Crippen LogP) is 7.64. The summed E-state index contributed by atoms with van der Waals surface area (Å²) in [5, 5.41) is 5.24. The second-order valence-electron chi connectivity index (χ2n) is 5.92. The first kappa shape index (κ1) is 14.2. The van der Waals surface area contributed by atoms with Crippen LogP contribution in [-0.2, 0) is 0 Å². The first-order valence-corrected chi connectivity index (χ1v) is 9.52. The van der Waals surface area contributed by atoms with Crippen LogP contribution >= 0.6 is 27.3 Å². The van der Waals surface area contributed by atoms with Crippen LogP contribution in [0.25, 0.3) is 42.1 Å². The maximum absolute atomic E-state index is 3.68. The van der Waals surface area contributed by atoms with E-state index in [1.807, 2.05) is 11.3 Å². The molecule has 0 saturated heterocycles. The van der Waals surface area contributed by atoms with E-state index in [9.17, 15) is 0 Å². The highest BCUT2D eigenvalue weighted by molar-refractivity contribution is 9.10. The van der Waals surface area contributed by atoms with Gasteiger partial charge in [-0.1, -0.05) is 82.7 Å². The van der Waals surface area contributed by atoms with Crippen molar-refractivity contribution in [1.29, 1.82) is 0 Å². The summed E-state index contributed by atoms with van der Waals surface area (Å²) in [5.74, 6) is 0. The topological polar surface area (TPSA) is 0 Å². The molecule has 0 nitrogen and oxygen atoms in total. The third-order valence-electron chi connectivity index (χ3n) is 4.56. The van der Waals surface area contributed by atoms with E-state index in [1.165, 1.54) is 42.1 Å². The van der Waals surface area contributed by atoms with Crippen LogP contribution in [0.2, 0.25) is 0 Å². The molecule has 0 aliphatic rings. The molecule has 0 fully saturated rings. The van der Waals surface area contributed by atoms with Gasteiger partial charge in [0.2, 0.25) is 0 Å². The maximum atomic E-state index is 3.68. The molecule has 2 heteroatoms. The standard InChI is InChI=1S/C22H13BrS/c23-20-12-5-8-14-15(7-3-9-16(14)20)18-10-4-11-19-17-6-1-2-13-21(17)24-22(18)19/h1-13H. The minimum absolute atomic E-state index is 1.14. The lowest BCUT2D eigenvalue weighted by Crippen LogP contribution is -1.82. The lowest BCUT2D eigenvalue weighted by atomic mass is 9.97. The molecule has 4 aromatic carbocycles. The van der Waals surface area contributed by atoms with Gasteiger partial charge in [0.15, 0.2) is 0 Å². The highest BCUT2D eigenvalue weighted by Crippen LogP contribution is 2.42. The largest absolute Gasteiger partial charge is 0.135 e. The number of hydrogen-bond acceptors (Lipinski definition) is 1. The number of fused-ring (bicyclic) bond motifs is 4. The van der Waals surface area contributed by atoms with Gasteiger partial charge in [-0.05, 0) is 28.5 Å². The quantitative estimate of drug-likeness (QED) is 0.276. The monoisotopic (exact) mass is 388 g/mol. The number of halogens is 1. The van der Waals surface area contributed by atoms with E-state index in [0.29, 0.717) is 0 Å². The smallest absolute Gasteiger partial charge is 0.0434 e. The minimum Gasteiger partial charge on any atom is -0.135 e. The van der Waals surface area contributed by atoms with Gasteiger partial charge in [-0.15, -0.1) is 11.3 Å². The summed E-state index contributed by atoms with van der Waals surface area (Å²) in [6.45, 7) is 0. The minimum atomic E-state index is 1.14. The van der Waals surface area contributed by atoms with Crippen molar-refractivity contribution in [3.8, 4) is 11.1 Å². The van der Waals surface area contributed by atoms with E-state index in [1.54, 1.807) is 0 Å². The first-order chi connectivity index (χ1) is 11.8. The van der Waals surface area contributed by atoms with Crippen molar-refractivity contribution >= 4 is 58.2 Å². The van der Waals surface area contributed by atoms with E-state index in [2.05, 4.69) is 94.8 Å². The van der Waals surface area contributed by atoms with Crippen molar-refractivity contribution in [3.05, 3.63) is 83.3 Å². The Bertz CT molecular complexity index is 1220. The van der Waals surface area contributed by atoms with Crippen LogP contribution in [0.1, 0.15) is 0 Å². The lowest BCUT2D eigenvalue weighted by Gasteiger charge is -2.09. The summed E-state index contributed by atoms with van der Waals surface area (Å²) in [6.07, 6.45) is 0. The molecule has 0 bridgehead atoms. The Morgan fingerprint density at radius 3 is 2.12 bits per heavy atom. The van der Waals surface area contributed by atoms with Crippen LogP contribution in [-0.4, -0.2) is 0 Å². The van der Waals surface area contributed by atoms with Crippen LogP contribution in [0.3, 0.4) is 0 Å². The Morgan fingerprint density at radius 1 is 0.542 bits per heavy atom. The molecule has 1 heterocycles. The van der Waals surface area contributed by atoms with Gasteiger partial charge >= 0.3 is 0 Å². The molecule has 1 aromatic heterocycles. The zero-order valence-electron chi connectivity index (χ0n) is 12.8. The highest BCUT2D eigenvalue weighted by atomic mass is 79.9. The molecule has 0 amide bonds. The summed E-state index contributed by atoms with van der Waals surface area (Å²) in [7, 11) is 0. The van der Waals surface area contributed by atoms with Crippen LogP contribution in [0.15, 0.2) is 83.3 Å². The summed E-state index contributed by atoms with van der Waals surface area (Å²) >= 11 is 5.57. The normalized spacial score (nSPS) is 11.5. The second-order valence-corrected chi connectivity index (χ2v) is 7.83. The molecule has 0 saturated carbocycles. The van der Waals surface area contributed by atoms with Crippen molar-refractivity contribution in [1.82, 2.24) is 0 Å². The van der Waals surface area contributed by atoms with E-state index in [0.717, 1.165) is 4.47 Å². The van der Waals surface area contributed by atoms with Gasteiger partial charge in [-0.3, -0.25) is 0 Å². The molecular weight excluding hydrogens is 376 g/mol. The van der Waals surface area contributed by atoms with Crippen LogP contribution < -0.4 is 0 Å². The molecular formula is C22H13BrS. The zero-order chi connectivity index (χ0) is 16.1. The second kappa shape index (κ2) is 5.44. The number of thiophene rings is 1. The third-order valence-corrected chi connectivity index (χ3v) is 6.47. The molecule has 0 aliphatic heterocycles. The molecule has 5 aromatic rings. The Hall–Kier alpha value is -2.16. The molecule has 5 rings (SSSR count). The van der Waals surface area contributed by atoms with Crippen molar-refractivity contribution in [2.75, 3.05) is 0 Å². The Labute approximate surface area is 152 Å². The van der Waals surface area contributed by atoms with Gasteiger partial charge in [-0.2, -0.15) is 0 Å². The third kappa shape index (κ3) is 2.03. The fourth-order valence-corrected chi connectivity index (χ4v) is 5.19. The van der Waals surface area contributed by atoms with Crippen molar-refractivity contribution < 1.29 is 0 Å². The lowest BCUT2D eigenvalue weighted by molar-refractivity contribution is 1.69. The predicted molar refractivity (Wildman–Crippen MR) is 110 cm³/mol. The van der Waals surface area contributed by atoms with Gasteiger partial charge in [0.05, 0.1) is 0 Å². The number of benzene rings is 4. The summed E-state index contributed by atoms with van der Waals surface area (Å²) in [4.78, 5) is 0. The van der Waals surface area contributed by atoms with Gasteiger partial charge < -0.3 is 0 Å². The molecule has 0 unspecified atom stereocenters. The maximum Gasteiger partial charge on any atom is 0.0434 e.